The summed E-state index contributed by atoms with van der Waals surface area (Å²) in [5, 5.41) is 14.8. The van der Waals surface area contributed by atoms with Crippen molar-refractivity contribution < 1.29 is 14.4 Å². The average Bonchev–Trinajstić information content (AvgIpc) is 3.13. The van der Waals surface area contributed by atoms with E-state index in [-0.39, 0.29) is 6.54 Å². The highest BCUT2D eigenvalue weighted by atomic mass is 16.5. The molecule has 6 heteroatoms. The van der Waals surface area contributed by atoms with Gasteiger partial charge in [-0.15, -0.1) is 0 Å². The Morgan fingerprint density at radius 3 is 2.33 bits per heavy atom. The summed E-state index contributed by atoms with van der Waals surface area (Å²) in [6, 6.07) is 8.28. The number of carboxylic acid groups (broad SMARTS) is 1. The minimum atomic E-state index is -1.05. The topological polar surface area (TPSA) is 88.2 Å². The SMILES string of the molecule is CCCCCCCCCCc1ccc(-c2noc(CCNC(=O)O)n2)cc1. The zero-order valence-electron chi connectivity index (χ0n) is 16.2. The number of aryl methyl sites for hydroxylation is 1. The lowest BCUT2D eigenvalue weighted by atomic mass is 10.0. The molecule has 1 heterocycles. The molecule has 0 saturated carbocycles. The predicted octanol–water partition coefficient (Wildman–Crippen LogP) is 5.23. The predicted molar refractivity (Wildman–Crippen MR) is 106 cm³/mol. The number of aromatic nitrogens is 2. The van der Waals surface area contributed by atoms with Gasteiger partial charge in [0.2, 0.25) is 11.7 Å². The summed E-state index contributed by atoms with van der Waals surface area (Å²) in [6.45, 7) is 2.51. The van der Waals surface area contributed by atoms with Crippen LogP contribution in [0.25, 0.3) is 11.4 Å². The number of nitrogens with zero attached hydrogens (tertiary/aromatic N) is 2. The Morgan fingerprint density at radius 2 is 1.67 bits per heavy atom. The molecular weight excluding hydrogens is 342 g/mol. The Morgan fingerprint density at radius 1 is 1.00 bits per heavy atom. The molecule has 0 fully saturated rings. The van der Waals surface area contributed by atoms with Crippen LogP contribution >= 0.6 is 0 Å². The Labute approximate surface area is 161 Å². The van der Waals surface area contributed by atoms with Crippen LogP contribution in [-0.4, -0.2) is 27.9 Å². The van der Waals surface area contributed by atoms with Gasteiger partial charge >= 0.3 is 6.09 Å². The Balaban J connectivity index is 1.69. The highest BCUT2D eigenvalue weighted by Crippen LogP contribution is 2.18. The second-order valence-electron chi connectivity index (χ2n) is 6.92. The van der Waals surface area contributed by atoms with E-state index in [4.69, 9.17) is 9.63 Å². The number of hydrogen-bond donors (Lipinski definition) is 2. The first-order chi connectivity index (χ1) is 13.2. The molecule has 0 aliphatic rings. The summed E-state index contributed by atoms with van der Waals surface area (Å²) in [4.78, 5) is 14.7. The smallest absolute Gasteiger partial charge is 0.404 e. The maximum Gasteiger partial charge on any atom is 0.404 e. The molecule has 0 unspecified atom stereocenters. The van der Waals surface area contributed by atoms with E-state index in [1.807, 2.05) is 12.1 Å². The molecule has 6 nitrogen and oxygen atoms in total. The van der Waals surface area contributed by atoms with Gasteiger partial charge in [0, 0.05) is 18.5 Å². The van der Waals surface area contributed by atoms with Crippen LogP contribution in [0.1, 0.15) is 69.7 Å². The van der Waals surface area contributed by atoms with Crippen LogP contribution in [0.5, 0.6) is 0 Å². The van der Waals surface area contributed by atoms with E-state index >= 15 is 0 Å². The van der Waals surface area contributed by atoms with Crippen molar-refractivity contribution in [2.75, 3.05) is 6.54 Å². The number of rotatable bonds is 13. The second-order valence-corrected chi connectivity index (χ2v) is 6.92. The lowest BCUT2D eigenvalue weighted by Crippen LogP contribution is -2.23. The van der Waals surface area contributed by atoms with Gasteiger partial charge in [0.1, 0.15) is 0 Å². The Hall–Kier alpha value is -2.37. The summed E-state index contributed by atoms with van der Waals surface area (Å²) in [5.41, 5.74) is 2.25. The number of unbranched alkanes of at least 4 members (excludes halogenated alkanes) is 7. The number of amides is 1. The van der Waals surface area contributed by atoms with Crippen LogP contribution in [0.15, 0.2) is 28.8 Å². The van der Waals surface area contributed by atoms with Crippen LogP contribution < -0.4 is 5.32 Å². The molecule has 0 bridgehead atoms. The van der Waals surface area contributed by atoms with Gasteiger partial charge in [-0.2, -0.15) is 4.98 Å². The molecule has 0 radical (unpaired) electrons. The van der Waals surface area contributed by atoms with Crippen LogP contribution in [0, 0.1) is 0 Å². The molecule has 2 rings (SSSR count). The standard InChI is InChI=1S/C21H31N3O3/c1-2-3-4-5-6-7-8-9-10-17-11-13-18(14-12-17)20-23-19(27-24-20)15-16-22-21(25)26/h11-14,22H,2-10,15-16H2,1H3,(H,25,26). The molecule has 148 valence electrons. The van der Waals surface area contributed by atoms with Crippen molar-refractivity contribution in [1.29, 1.82) is 0 Å². The monoisotopic (exact) mass is 373 g/mol. The first-order valence-corrected chi connectivity index (χ1v) is 10.1. The van der Waals surface area contributed by atoms with Crippen molar-refractivity contribution in [2.24, 2.45) is 0 Å². The molecule has 27 heavy (non-hydrogen) atoms. The molecule has 2 aromatic rings. The van der Waals surface area contributed by atoms with E-state index in [1.165, 1.54) is 56.9 Å². The number of hydrogen-bond acceptors (Lipinski definition) is 4. The average molecular weight is 373 g/mol. The normalized spacial score (nSPS) is 10.9. The van der Waals surface area contributed by atoms with Crippen molar-refractivity contribution in [2.45, 2.75) is 71.1 Å². The van der Waals surface area contributed by atoms with Crippen molar-refractivity contribution in [1.82, 2.24) is 15.5 Å². The lowest BCUT2D eigenvalue weighted by molar-refractivity contribution is 0.194. The Kier molecular flexibility index (Phi) is 9.38. The first kappa shape index (κ1) is 20.9. The number of carbonyl (C=O) groups is 1. The van der Waals surface area contributed by atoms with Gasteiger partial charge < -0.3 is 14.9 Å². The second kappa shape index (κ2) is 12.1. The molecule has 1 aromatic heterocycles. The highest BCUT2D eigenvalue weighted by Gasteiger charge is 2.09. The molecule has 0 saturated heterocycles. The van der Waals surface area contributed by atoms with Crippen molar-refractivity contribution in [3.8, 4) is 11.4 Å². The van der Waals surface area contributed by atoms with Gasteiger partial charge in [0.25, 0.3) is 0 Å². The van der Waals surface area contributed by atoms with Gasteiger partial charge in [0.15, 0.2) is 0 Å². The molecule has 2 N–H and O–H groups in total. The van der Waals surface area contributed by atoms with Crippen molar-refractivity contribution in [3.05, 3.63) is 35.7 Å². The van der Waals surface area contributed by atoms with E-state index in [0.717, 1.165) is 12.0 Å². The largest absolute Gasteiger partial charge is 0.465 e. The fourth-order valence-electron chi connectivity index (χ4n) is 3.03. The first-order valence-electron chi connectivity index (χ1n) is 10.1. The van der Waals surface area contributed by atoms with Gasteiger partial charge in [-0.1, -0.05) is 81.3 Å². The van der Waals surface area contributed by atoms with Crippen LogP contribution in [0.4, 0.5) is 4.79 Å². The molecule has 0 spiro atoms. The molecule has 1 amide bonds. The quantitative estimate of drug-likeness (QED) is 0.469. The highest BCUT2D eigenvalue weighted by molar-refractivity contribution is 5.64. The molecule has 0 aliphatic heterocycles. The summed E-state index contributed by atoms with van der Waals surface area (Å²) in [5.74, 6) is 0.973. The summed E-state index contributed by atoms with van der Waals surface area (Å²) < 4.78 is 5.16. The lowest BCUT2D eigenvalue weighted by Gasteiger charge is -2.03. The van der Waals surface area contributed by atoms with Gasteiger partial charge in [0.05, 0.1) is 0 Å². The zero-order valence-corrected chi connectivity index (χ0v) is 16.2. The summed E-state index contributed by atoms with van der Waals surface area (Å²) in [6.07, 6.45) is 11.1. The van der Waals surface area contributed by atoms with Gasteiger partial charge in [-0.05, 0) is 18.4 Å². The van der Waals surface area contributed by atoms with E-state index < -0.39 is 6.09 Å². The number of benzene rings is 1. The third-order valence-corrected chi connectivity index (χ3v) is 4.61. The van der Waals surface area contributed by atoms with E-state index in [1.54, 1.807) is 0 Å². The van der Waals surface area contributed by atoms with E-state index in [9.17, 15) is 4.79 Å². The molecule has 1 aromatic carbocycles. The zero-order chi connectivity index (χ0) is 19.3. The third-order valence-electron chi connectivity index (χ3n) is 4.61. The maximum absolute atomic E-state index is 10.4. The molecule has 0 aliphatic carbocycles. The fraction of sp³-hybridized carbons (Fsp3) is 0.571. The van der Waals surface area contributed by atoms with E-state index in [0.29, 0.717) is 18.1 Å². The van der Waals surface area contributed by atoms with Crippen molar-refractivity contribution >= 4 is 6.09 Å². The maximum atomic E-state index is 10.4. The molecular formula is C21H31N3O3. The summed E-state index contributed by atoms with van der Waals surface area (Å²) >= 11 is 0. The third kappa shape index (κ3) is 8.24. The fourth-order valence-corrected chi connectivity index (χ4v) is 3.03. The Bertz CT molecular complexity index is 668. The minimum absolute atomic E-state index is 0.258. The minimum Gasteiger partial charge on any atom is -0.465 e. The van der Waals surface area contributed by atoms with Crippen LogP contribution in [0.3, 0.4) is 0 Å². The summed E-state index contributed by atoms with van der Waals surface area (Å²) in [7, 11) is 0. The van der Waals surface area contributed by atoms with Crippen molar-refractivity contribution in [3.63, 3.8) is 0 Å². The van der Waals surface area contributed by atoms with Gasteiger partial charge in [-0.3, -0.25) is 0 Å². The molecule has 0 atom stereocenters. The number of nitrogens with one attached hydrogen (secondary N) is 1. The van der Waals surface area contributed by atoms with Gasteiger partial charge in [-0.25, -0.2) is 4.79 Å². The van der Waals surface area contributed by atoms with Crippen LogP contribution in [-0.2, 0) is 12.8 Å². The van der Waals surface area contributed by atoms with E-state index in [2.05, 4.69) is 34.5 Å². The van der Waals surface area contributed by atoms with Crippen LogP contribution in [0.2, 0.25) is 0 Å².